The molecule has 0 aromatic carbocycles. The minimum absolute atomic E-state index is 0.301. The lowest BCUT2D eigenvalue weighted by Crippen LogP contribution is -2.42. The van der Waals surface area contributed by atoms with Gasteiger partial charge < -0.3 is 4.74 Å². The van der Waals surface area contributed by atoms with E-state index in [0.29, 0.717) is 6.10 Å². The summed E-state index contributed by atoms with van der Waals surface area (Å²) in [5.74, 6) is 0.783. The molecule has 1 N–H and O–H groups in total. The Morgan fingerprint density at radius 1 is 1.33 bits per heavy atom. The van der Waals surface area contributed by atoms with E-state index >= 15 is 0 Å². The highest BCUT2D eigenvalue weighted by Gasteiger charge is 2.39. The van der Waals surface area contributed by atoms with Gasteiger partial charge in [0.25, 0.3) is 0 Å². The molecule has 0 aliphatic heterocycles. The first-order valence-electron chi connectivity index (χ1n) is 7.56. The quantitative estimate of drug-likeness (QED) is 0.788. The van der Waals surface area contributed by atoms with E-state index in [1.54, 1.807) is 0 Å². The second-order valence-corrected chi connectivity index (χ2v) is 5.97. The maximum atomic E-state index is 9.37. The molecule has 2 fully saturated rings. The largest absolute Gasteiger partial charge is 0.378 e. The van der Waals surface area contributed by atoms with Gasteiger partial charge in [-0.25, -0.2) is 0 Å². The molecular weight excluding hydrogens is 224 g/mol. The number of ether oxygens (including phenoxy) is 1. The van der Waals surface area contributed by atoms with Crippen LogP contribution < -0.4 is 5.32 Å². The van der Waals surface area contributed by atoms with Gasteiger partial charge in [0.05, 0.1) is 12.2 Å². The highest BCUT2D eigenvalue weighted by molar-refractivity contribution is 5.12. The van der Waals surface area contributed by atoms with Crippen molar-refractivity contribution in [3.8, 4) is 6.07 Å². The summed E-state index contributed by atoms with van der Waals surface area (Å²) in [6.07, 6.45) is 9.66. The van der Waals surface area contributed by atoms with Crippen LogP contribution in [0.25, 0.3) is 0 Å². The van der Waals surface area contributed by atoms with E-state index in [0.717, 1.165) is 44.8 Å². The summed E-state index contributed by atoms with van der Waals surface area (Å²) in [6, 6.07) is 2.48. The molecule has 0 heterocycles. The fourth-order valence-corrected chi connectivity index (χ4v) is 3.26. The van der Waals surface area contributed by atoms with Crippen molar-refractivity contribution in [2.45, 2.75) is 69.9 Å². The average Bonchev–Trinajstić information content (AvgIpc) is 3.04. The molecule has 2 unspecified atom stereocenters. The summed E-state index contributed by atoms with van der Waals surface area (Å²) in [6.45, 7) is 3.99. The molecule has 0 saturated heterocycles. The zero-order valence-electron chi connectivity index (χ0n) is 11.6. The van der Waals surface area contributed by atoms with Gasteiger partial charge in [-0.2, -0.15) is 5.26 Å². The van der Waals surface area contributed by atoms with Gasteiger partial charge in [-0.05, 0) is 44.6 Å². The van der Waals surface area contributed by atoms with E-state index in [1.807, 2.05) is 0 Å². The molecule has 0 radical (unpaired) electrons. The van der Waals surface area contributed by atoms with Gasteiger partial charge in [-0.3, -0.25) is 5.32 Å². The number of rotatable bonds is 6. The molecule has 2 aliphatic rings. The number of nitrogens with one attached hydrogen (secondary N) is 1. The van der Waals surface area contributed by atoms with Crippen LogP contribution in [0.2, 0.25) is 0 Å². The zero-order chi connectivity index (χ0) is 12.8. The van der Waals surface area contributed by atoms with Crippen molar-refractivity contribution in [1.29, 1.82) is 5.26 Å². The SMILES string of the molecule is CCCNC1(C#N)CCC(OCC2CCCC2)C1. The van der Waals surface area contributed by atoms with Crippen LogP contribution in [0.3, 0.4) is 0 Å². The lowest BCUT2D eigenvalue weighted by atomic mass is 9.99. The van der Waals surface area contributed by atoms with Crippen molar-refractivity contribution in [3.63, 3.8) is 0 Å². The number of nitriles is 1. The van der Waals surface area contributed by atoms with Crippen LogP contribution in [-0.4, -0.2) is 24.8 Å². The van der Waals surface area contributed by atoms with Gasteiger partial charge in [-0.1, -0.05) is 19.8 Å². The van der Waals surface area contributed by atoms with Crippen LogP contribution in [-0.2, 0) is 4.74 Å². The Kier molecular flexibility index (Phi) is 5.03. The van der Waals surface area contributed by atoms with Gasteiger partial charge in [0.15, 0.2) is 0 Å². The molecule has 0 aromatic heterocycles. The lowest BCUT2D eigenvalue weighted by molar-refractivity contribution is 0.0317. The highest BCUT2D eigenvalue weighted by atomic mass is 16.5. The summed E-state index contributed by atoms with van der Waals surface area (Å²) < 4.78 is 6.03. The van der Waals surface area contributed by atoms with Gasteiger partial charge in [0.2, 0.25) is 0 Å². The second kappa shape index (κ2) is 6.54. The molecule has 0 amide bonds. The maximum absolute atomic E-state index is 9.37. The lowest BCUT2D eigenvalue weighted by Gasteiger charge is -2.23. The first kappa shape index (κ1) is 13.8. The molecule has 2 atom stereocenters. The smallest absolute Gasteiger partial charge is 0.109 e. The van der Waals surface area contributed by atoms with Crippen LogP contribution in [0.15, 0.2) is 0 Å². The first-order valence-corrected chi connectivity index (χ1v) is 7.56. The van der Waals surface area contributed by atoms with Gasteiger partial charge in [0, 0.05) is 13.0 Å². The van der Waals surface area contributed by atoms with Crippen molar-refractivity contribution in [3.05, 3.63) is 0 Å². The molecule has 2 aliphatic carbocycles. The van der Waals surface area contributed by atoms with Gasteiger partial charge >= 0.3 is 0 Å². The summed E-state index contributed by atoms with van der Waals surface area (Å²) in [5, 5.41) is 12.8. The van der Waals surface area contributed by atoms with Crippen molar-refractivity contribution in [2.24, 2.45) is 5.92 Å². The first-order chi connectivity index (χ1) is 8.78. The molecule has 18 heavy (non-hydrogen) atoms. The van der Waals surface area contributed by atoms with Crippen LogP contribution in [0.1, 0.15) is 58.3 Å². The Morgan fingerprint density at radius 2 is 2.11 bits per heavy atom. The molecule has 102 valence electrons. The van der Waals surface area contributed by atoms with E-state index in [2.05, 4.69) is 18.3 Å². The molecule has 0 aromatic rings. The molecule has 2 saturated carbocycles. The number of nitrogens with zero attached hydrogens (tertiary/aromatic N) is 1. The van der Waals surface area contributed by atoms with Crippen molar-refractivity contribution < 1.29 is 4.74 Å². The Labute approximate surface area is 111 Å². The van der Waals surface area contributed by atoms with Gasteiger partial charge in [-0.15, -0.1) is 0 Å². The van der Waals surface area contributed by atoms with E-state index in [-0.39, 0.29) is 5.54 Å². The Hall–Kier alpha value is -0.590. The third-order valence-electron chi connectivity index (χ3n) is 4.44. The average molecular weight is 250 g/mol. The van der Waals surface area contributed by atoms with E-state index < -0.39 is 0 Å². The third-order valence-corrected chi connectivity index (χ3v) is 4.44. The third kappa shape index (κ3) is 3.46. The fourth-order valence-electron chi connectivity index (χ4n) is 3.26. The van der Waals surface area contributed by atoms with Crippen LogP contribution in [0, 0.1) is 17.2 Å². The zero-order valence-corrected chi connectivity index (χ0v) is 11.6. The fraction of sp³-hybridized carbons (Fsp3) is 0.933. The topological polar surface area (TPSA) is 45.0 Å². The second-order valence-electron chi connectivity index (χ2n) is 5.97. The monoisotopic (exact) mass is 250 g/mol. The van der Waals surface area contributed by atoms with E-state index in [4.69, 9.17) is 4.74 Å². The molecule has 2 rings (SSSR count). The normalized spacial score (nSPS) is 32.8. The maximum Gasteiger partial charge on any atom is 0.109 e. The van der Waals surface area contributed by atoms with Crippen LogP contribution >= 0.6 is 0 Å². The van der Waals surface area contributed by atoms with Crippen molar-refractivity contribution in [2.75, 3.05) is 13.2 Å². The summed E-state index contributed by atoms with van der Waals surface area (Å²) in [7, 11) is 0. The molecular formula is C15H26N2O. The van der Waals surface area contributed by atoms with Gasteiger partial charge in [0.1, 0.15) is 5.54 Å². The predicted octanol–water partition coefficient (Wildman–Crippen LogP) is 3.01. The highest BCUT2D eigenvalue weighted by Crippen LogP contribution is 2.33. The van der Waals surface area contributed by atoms with Crippen LogP contribution in [0.4, 0.5) is 0 Å². The summed E-state index contributed by atoms with van der Waals surface area (Å²) in [4.78, 5) is 0. The molecule has 0 spiro atoms. The summed E-state index contributed by atoms with van der Waals surface area (Å²) in [5.41, 5.74) is -0.309. The predicted molar refractivity (Wildman–Crippen MR) is 72.2 cm³/mol. The Balaban J connectivity index is 1.74. The number of hydrogen-bond acceptors (Lipinski definition) is 3. The Bertz CT molecular complexity index is 293. The minimum Gasteiger partial charge on any atom is -0.378 e. The molecule has 3 heteroatoms. The molecule has 0 bridgehead atoms. The molecule has 3 nitrogen and oxygen atoms in total. The number of hydrogen-bond donors (Lipinski definition) is 1. The Morgan fingerprint density at radius 3 is 2.78 bits per heavy atom. The van der Waals surface area contributed by atoms with E-state index in [1.165, 1.54) is 25.7 Å². The minimum atomic E-state index is -0.309. The summed E-state index contributed by atoms with van der Waals surface area (Å²) >= 11 is 0. The van der Waals surface area contributed by atoms with Crippen LogP contribution in [0.5, 0.6) is 0 Å². The van der Waals surface area contributed by atoms with E-state index in [9.17, 15) is 5.26 Å². The van der Waals surface area contributed by atoms with Crippen molar-refractivity contribution >= 4 is 0 Å². The standard InChI is InChI=1S/C15H26N2O/c1-2-9-17-15(12-16)8-7-14(10-15)18-11-13-5-3-4-6-13/h13-14,17H,2-11H2,1H3. The van der Waals surface area contributed by atoms with Crippen molar-refractivity contribution in [1.82, 2.24) is 5.32 Å².